The van der Waals surface area contributed by atoms with Gasteiger partial charge < -0.3 is 5.73 Å². The van der Waals surface area contributed by atoms with Gasteiger partial charge in [0, 0.05) is 0 Å². The molecule has 96 valence electrons. The standard InChI is InChI=1S/C13H16FN3S/c1-3-4-11-13(18-17-16-11)12(15)9-6-5-8(2)10(14)7-9/h5-7,12H,3-4,15H2,1-2H3. The van der Waals surface area contributed by atoms with Crippen molar-refractivity contribution in [2.24, 2.45) is 5.73 Å². The summed E-state index contributed by atoms with van der Waals surface area (Å²) in [6, 6.07) is 4.76. The van der Waals surface area contributed by atoms with Crippen molar-refractivity contribution in [1.29, 1.82) is 0 Å². The summed E-state index contributed by atoms with van der Waals surface area (Å²) in [7, 11) is 0. The third kappa shape index (κ3) is 2.57. The number of benzene rings is 1. The Morgan fingerprint density at radius 1 is 1.44 bits per heavy atom. The van der Waals surface area contributed by atoms with Crippen molar-refractivity contribution >= 4 is 11.5 Å². The molecule has 1 heterocycles. The lowest BCUT2D eigenvalue weighted by Gasteiger charge is -2.11. The van der Waals surface area contributed by atoms with Crippen molar-refractivity contribution in [3.8, 4) is 0 Å². The van der Waals surface area contributed by atoms with E-state index in [0.717, 1.165) is 29.0 Å². The van der Waals surface area contributed by atoms with E-state index >= 15 is 0 Å². The van der Waals surface area contributed by atoms with Crippen LogP contribution in [0.3, 0.4) is 0 Å². The van der Waals surface area contributed by atoms with Crippen LogP contribution in [0.1, 0.15) is 41.1 Å². The number of hydrogen-bond acceptors (Lipinski definition) is 4. The molecule has 0 amide bonds. The molecular formula is C13H16FN3S. The van der Waals surface area contributed by atoms with Crippen molar-refractivity contribution < 1.29 is 4.39 Å². The predicted molar refractivity (Wildman–Crippen MR) is 71.1 cm³/mol. The molecule has 5 heteroatoms. The zero-order valence-electron chi connectivity index (χ0n) is 10.5. The quantitative estimate of drug-likeness (QED) is 0.924. The van der Waals surface area contributed by atoms with E-state index in [0.29, 0.717) is 5.56 Å². The second kappa shape index (κ2) is 5.54. The summed E-state index contributed by atoms with van der Waals surface area (Å²) in [4.78, 5) is 0.931. The molecule has 2 rings (SSSR count). The lowest BCUT2D eigenvalue weighted by molar-refractivity contribution is 0.614. The van der Waals surface area contributed by atoms with Gasteiger partial charge >= 0.3 is 0 Å². The summed E-state index contributed by atoms with van der Waals surface area (Å²) < 4.78 is 17.5. The summed E-state index contributed by atoms with van der Waals surface area (Å²) in [5, 5.41) is 4.09. The predicted octanol–water partition coefficient (Wildman–Crippen LogP) is 2.99. The number of aromatic nitrogens is 2. The van der Waals surface area contributed by atoms with Gasteiger partial charge in [-0.2, -0.15) is 0 Å². The summed E-state index contributed by atoms with van der Waals surface area (Å²) in [5.74, 6) is -0.225. The SMILES string of the molecule is CCCc1nnsc1C(N)c1ccc(C)c(F)c1. The molecule has 1 atom stereocenters. The van der Waals surface area contributed by atoms with Gasteiger partial charge in [-0.05, 0) is 42.1 Å². The molecule has 0 aliphatic rings. The minimum Gasteiger partial charge on any atom is -0.319 e. The lowest BCUT2D eigenvalue weighted by Crippen LogP contribution is -2.13. The minimum absolute atomic E-state index is 0.225. The molecule has 18 heavy (non-hydrogen) atoms. The van der Waals surface area contributed by atoms with Crippen molar-refractivity contribution in [2.75, 3.05) is 0 Å². The second-order valence-corrected chi connectivity index (χ2v) is 5.11. The van der Waals surface area contributed by atoms with Gasteiger partial charge in [0.2, 0.25) is 0 Å². The Morgan fingerprint density at radius 3 is 2.89 bits per heavy atom. The van der Waals surface area contributed by atoms with Gasteiger partial charge in [0.15, 0.2) is 0 Å². The maximum atomic E-state index is 13.5. The zero-order chi connectivity index (χ0) is 13.1. The Bertz CT molecular complexity index is 539. The number of hydrogen-bond donors (Lipinski definition) is 1. The van der Waals surface area contributed by atoms with Crippen LogP contribution in [-0.2, 0) is 6.42 Å². The minimum atomic E-state index is -0.346. The molecule has 1 unspecified atom stereocenters. The van der Waals surface area contributed by atoms with Crippen molar-refractivity contribution in [1.82, 2.24) is 9.59 Å². The highest BCUT2D eigenvalue weighted by atomic mass is 32.1. The highest BCUT2D eigenvalue weighted by molar-refractivity contribution is 7.05. The maximum absolute atomic E-state index is 13.5. The van der Waals surface area contributed by atoms with Crippen LogP contribution in [0.4, 0.5) is 4.39 Å². The molecule has 2 aromatic rings. The molecule has 0 spiro atoms. The number of halogens is 1. The fraction of sp³-hybridized carbons (Fsp3) is 0.385. The van der Waals surface area contributed by atoms with E-state index in [4.69, 9.17) is 5.73 Å². The number of nitrogens with zero attached hydrogens (tertiary/aromatic N) is 2. The van der Waals surface area contributed by atoms with E-state index in [-0.39, 0.29) is 11.9 Å². The Labute approximate surface area is 110 Å². The van der Waals surface area contributed by atoms with E-state index in [1.807, 2.05) is 6.07 Å². The van der Waals surface area contributed by atoms with E-state index in [2.05, 4.69) is 16.5 Å². The summed E-state index contributed by atoms with van der Waals surface area (Å²) in [5.41, 5.74) is 8.49. The molecule has 0 saturated heterocycles. The second-order valence-electron chi connectivity index (χ2n) is 4.32. The van der Waals surface area contributed by atoms with Gasteiger partial charge in [-0.25, -0.2) is 4.39 Å². The monoisotopic (exact) mass is 265 g/mol. The Hall–Kier alpha value is -1.33. The van der Waals surface area contributed by atoms with Crippen LogP contribution in [-0.4, -0.2) is 9.59 Å². The largest absolute Gasteiger partial charge is 0.319 e. The van der Waals surface area contributed by atoms with Gasteiger partial charge in [0.25, 0.3) is 0 Å². The average molecular weight is 265 g/mol. The van der Waals surface area contributed by atoms with Crippen molar-refractivity contribution in [3.05, 3.63) is 45.7 Å². The first kappa shape index (κ1) is 13.1. The molecule has 0 fully saturated rings. The van der Waals surface area contributed by atoms with Gasteiger partial charge in [-0.15, -0.1) is 5.10 Å². The zero-order valence-corrected chi connectivity index (χ0v) is 11.3. The molecular weight excluding hydrogens is 249 g/mol. The van der Waals surface area contributed by atoms with Gasteiger partial charge in [-0.1, -0.05) is 30.0 Å². The van der Waals surface area contributed by atoms with Crippen molar-refractivity contribution in [3.63, 3.8) is 0 Å². The highest BCUT2D eigenvalue weighted by Gasteiger charge is 2.17. The first-order valence-electron chi connectivity index (χ1n) is 5.96. The van der Waals surface area contributed by atoms with E-state index in [1.54, 1.807) is 13.0 Å². The first-order chi connectivity index (χ1) is 8.63. The molecule has 0 aliphatic carbocycles. The molecule has 0 radical (unpaired) electrons. The molecule has 0 aliphatic heterocycles. The number of aryl methyl sites for hydroxylation is 2. The van der Waals surface area contributed by atoms with Crippen LogP contribution in [0.15, 0.2) is 18.2 Å². The van der Waals surface area contributed by atoms with Crippen LogP contribution in [0.25, 0.3) is 0 Å². The van der Waals surface area contributed by atoms with Crippen LogP contribution < -0.4 is 5.73 Å². The Balaban J connectivity index is 2.32. The molecule has 3 nitrogen and oxygen atoms in total. The van der Waals surface area contributed by atoms with Crippen LogP contribution in [0.2, 0.25) is 0 Å². The van der Waals surface area contributed by atoms with Crippen LogP contribution in [0, 0.1) is 12.7 Å². The van der Waals surface area contributed by atoms with Crippen LogP contribution in [0.5, 0.6) is 0 Å². The van der Waals surface area contributed by atoms with Gasteiger partial charge in [0.05, 0.1) is 16.6 Å². The first-order valence-corrected chi connectivity index (χ1v) is 6.73. The fourth-order valence-corrected chi connectivity index (χ4v) is 2.54. The molecule has 1 aromatic heterocycles. The Morgan fingerprint density at radius 2 is 2.22 bits per heavy atom. The third-order valence-corrected chi connectivity index (χ3v) is 3.76. The summed E-state index contributed by atoms with van der Waals surface area (Å²) >= 11 is 1.29. The van der Waals surface area contributed by atoms with Crippen molar-refractivity contribution in [2.45, 2.75) is 32.7 Å². The molecule has 0 saturated carbocycles. The van der Waals surface area contributed by atoms with E-state index in [9.17, 15) is 4.39 Å². The van der Waals surface area contributed by atoms with E-state index in [1.165, 1.54) is 17.6 Å². The molecule has 0 bridgehead atoms. The number of rotatable bonds is 4. The lowest BCUT2D eigenvalue weighted by atomic mass is 10.0. The van der Waals surface area contributed by atoms with Gasteiger partial charge in [0.1, 0.15) is 5.82 Å². The fourth-order valence-electron chi connectivity index (χ4n) is 1.82. The molecule has 1 aromatic carbocycles. The smallest absolute Gasteiger partial charge is 0.126 e. The maximum Gasteiger partial charge on any atom is 0.126 e. The normalized spacial score (nSPS) is 12.7. The van der Waals surface area contributed by atoms with Crippen LogP contribution >= 0.6 is 11.5 Å². The highest BCUT2D eigenvalue weighted by Crippen LogP contribution is 2.26. The van der Waals surface area contributed by atoms with Gasteiger partial charge in [-0.3, -0.25) is 0 Å². The molecule has 2 N–H and O–H groups in total. The Kier molecular flexibility index (Phi) is 4.04. The summed E-state index contributed by atoms with van der Waals surface area (Å²) in [6.45, 7) is 3.82. The summed E-state index contributed by atoms with van der Waals surface area (Å²) in [6.07, 6.45) is 1.85. The third-order valence-electron chi connectivity index (χ3n) is 2.91. The van der Waals surface area contributed by atoms with E-state index < -0.39 is 0 Å². The number of nitrogens with two attached hydrogens (primary N) is 1. The topological polar surface area (TPSA) is 51.8 Å². The average Bonchev–Trinajstić information content (AvgIpc) is 2.80.